The van der Waals surface area contributed by atoms with Crippen molar-refractivity contribution in [2.45, 2.75) is 6.54 Å². The molecule has 0 unspecified atom stereocenters. The van der Waals surface area contributed by atoms with Crippen LogP contribution in [0.2, 0.25) is 5.02 Å². The first-order valence-corrected chi connectivity index (χ1v) is 5.95. The number of rotatable bonds is 4. The van der Waals surface area contributed by atoms with Crippen molar-refractivity contribution >= 4 is 23.3 Å². The molecule has 0 amide bonds. The fourth-order valence-electron chi connectivity index (χ4n) is 1.64. The summed E-state index contributed by atoms with van der Waals surface area (Å²) < 4.78 is 13.6. The number of anilines is 1. The number of aromatic carboxylic acids is 1. The molecule has 0 spiro atoms. The van der Waals surface area contributed by atoms with Crippen LogP contribution in [0.4, 0.5) is 10.1 Å². The molecule has 0 aliphatic heterocycles. The van der Waals surface area contributed by atoms with Crippen molar-refractivity contribution in [3.63, 3.8) is 0 Å². The molecule has 2 rings (SSSR count). The van der Waals surface area contributed by atoms with Crippen LogP contribution in [0.15, 0.2) is 42.5 Å². The molecule has 0 saturated carbocycles. The highest BCUT2D eigenvalue weighted by atomic mass is 35.5. The standard InChI is InChI=1S/C14H11ClFNO2/c15-11-2-1-3-12(7-11)17-8-10-6-9(14(18)19)4-5-13(10)16/h1-7,17H,8H2,(H,18,19). The van der Waals surface area contributed by atoms with Crippen molar-refractivity contribution in [1.29, 1.82) is 0 Å². The molecule has 0 aromatic heterocycles. The number of carboxylic acid groups (broad SMARTS) is 1. The Hall–Kier alpha value is -2.07. The van der Waals surface area contributed by atoms with E-state index in [-0.39, 0.29) is 12.1 Å². The Morgan fingerprint density at radius 3 is 2.74 bits per heavy atom. The molecule has 0 heterocycles. The SMILES string of the molecule is O=C(O)c1ccc(F)c(CNc2cccc(Cl)c2)c1. The molecule has 5 heteroatoms. The molecule has 0 aliphatic rings. The van der Waals surface area contributed by atoms with Crippen molar-refractivity contribution < 1.29 is 14.3 Å². The molecule has 2 aromatic rings. The molecule has 0 radical (unpaired) electrons. The summed E-state index contributed by atoms with van der Waals surface area (Å²) in [6, 6.07) is 10.7. The van der Waals surface area contributed by atoms with Crippen molar-refractivity contribution in [2.75, 3.05) is 5.32 Å². The maximum atomic E-state index is 13.6. The van der Waals surface area contributed by atoms with E-state index in [1.54, 1.807) is 24.3 Å². The summed E-state index contributed by atoms with van der Waals surface area (Å²) in [5.74, 6) is -1.52. The lowest BCUT2D eigenvalue weighted by atomic mass is 10.1. The molecule has 0 fully saturated rings. The van der Waals surface area contributed by atoms with Gasteiger partial charge in [-0.25, -0.2) is 9.18 Å². The van der Waals surface area contributed by atoms with E-state index in [1.807, 2.05) is 0 Å². The van der Waals surface area contributed by atoms with Crippen LogP contribution in [0.5, 0.6) is 0 Å². The van der Waals surface area contributed by atoms with Crippen molar-refractivity contribution in [3.8, 4) is 0 Å². The zero-order valence-corrected chi connectivity index (χ0v) is 10.6. The zero-order chi connectivity index (χ0) is 13.8. The van der Waals surface area contributed by atoms with E-state index < -0.39 is 11.8 Å². The highest BCUT2D eigenvalue weighted by Crippen LogP contribution is 2.17. The smallest absolute Gasteiger partial charge is 0.335 e. The number of hydrogen-bond acceptors (Lipinski definition) is 2. The summed E-state index contributed by atoms with van der Waals surface area (Å²) in [7, 11) is 0. The number of hydrogen-bond donors (Lipinski definition) is 2. The predicted octanol–water partition coefficient (Wildman–Crippen LogP) is 3.79. The minimum Gasteiger partial charge on any atom is -0.478 e. The second-order valence-electron chi connectivity index (χ2n) is 3.98. The van der Waals surface area contributed by atoms with Gasteiger partial charge in [-0.1, -0.05) is 17.7 Å². The lowest BCUT2D eigenvalue weighted by Crippen LogP contribution is -2.05. The Bertz CT molecular complexity index is 616. The maximum absolute atomic E-state index is 13.6. The maximum Gasteiger partial charge on any atom is 0.335 e. The summed E-state index contributed by atoms with van der Waals surface area (Å²) in [6.45, 7) is 0.188. The number of halogens is 2. The molecule has 2 aromatic carbocycles. The molecule has 0 aliphatic carbocycles. The minimum absolute atomic E-state index is 0.0595. The van der Waals surface area contributed by atoms with Crippen LogP contribution in [-0.4, -0.2) is 11.1 Å². The van der Waals surface area contributed by atoms with Gasteiger partial charge in [-0.2, -0.15) is 0 Å². The van der Waals surface area contributed by atoms with Crippen molar-refractivity contribution in [3.05, 3.63) is 64.4 Å². The monoisotopic (exact) mass is 279 g/mol. The molecule has 2 N–H and O–H groups in total. The second kappa shape index (κ2) is 5.71. The molecular formula is C14H11ClFNO2. The number of benzene rings is 2. The lowest BCUT2D eigenvalue weighted by Gasteiger charge is -2.08. The first kappa shape index (κ1) is 13.4. The first-order chi connectivity index (χ1) is 9.06. The molecule has 3 nitrogen and oxygen atoms in total. The Morgan fingerprint density at radius 2 is 2.05 bits per heavy atom. The normalized spacial score (nSPS) is 10.2. The van der Waals surface area contributed by atoms with Crippen LogP contribution in [0.3, 0.4) is 0 Å². The van der Waals surface area contributed by atoms with Crippen LogP contribution in [-0.2, 0) is 6.54 Å². The Balaban J connectivity index is 2.15. The van der Waals surface area contributed by atoms with Crippen molar-refractivity contribution in [2.24, 2.45) is 0 Å². The average molecular weight is 280 g/mol. The van der Waals surface area contributed by atoms with Crippen LogP contribution >= 0.6 is 11.6 Å². The molecule has 0 atom stereocenters. The fraction of sp³-hybridized carbons (Fsp3) is 0.0714. The van der Waals surface area contributed by atoms with Crippen molar-refractivity contribution in [1.82, 2.24) is 0 Å². The summed E-state index contributed by atoms with van der Waals surface area (Å²) in [5.41, 5.74) is 1.09. The summed E-state index contributed by atoms with van der Waals surface area (Å²) in [5, 5.41) is 12.4. The average Bonchev–Trinajstić information content (AvgIpc) is 2.37. The van der Waals surface area contributed by atoms with Crippen LogP contribution in [0, 0.1) is 5.82 Å². The van der Waals surface area contributed by atoms with E-state index in [9.17, 15) is 9.18 Å². The third-order valence-corrected chi connectivity index (χ3v) is 2.84. The molecule has 19 heavy (non-hydrogen) atoms. The van der Waals surface area contributed by atoms with E-state index in [0.717, 1.165) is 11.8 Å². The molecule has 98 valence electrons. The minimum atomic E-state index is -1.08. The zero-order valence-electron chi connectivity index (χ0n) is 9.86. The van der Waals surface area contributed by atoms with E-state index >= 15 is 0 Å². The van der Waals surface area contributed by atoms with Gasteiger partial charge in [0.2, 0.25) is 0 Å². The third-order valence-electron chi connectivity index (χ3n) is 2.60. The van der Waals surface area contributed by atoms with Gasteiger partial charge in [0.05, 0.1) is 5.56 Å². The van der Waals surface area contributed by atoms with Gasteiger partial charge in [0.15, 0.2) is 0 Å². The number of nitrogens with one attached hydrogen (secondary N) is 1. The number of carboxylic acids is 1. The third kappa shape index (κ3) is 3.45. The lowest BCUT2D eigenvalue weighted by molar-refractivity contribution is 0.0696. The fourth-order valence-corrected chi connectivity index (χ4v) is 1.83. The first-order valence-electron chi connectivity index (χ1n) is 5.57. The van der Waals surface area contributed by atoms with E-state index in [0.29, 0.717) is 10.6 Å². The summed E-state index contributed by atoms with van der Waals surface area (Å²) >= 11 is 5.83. The van der Waals surface area contributed by atoms with E-state index in [1.165, 1.54) is 12.1 Å². The summed E-state index contributed by atoms with van der Waals surface area (Å²) in [4.78, 5) is 10.8. The van der Waals surface area contributed by atoms with E-state index in [4.69, 9.17) is 16.7 Å². The van der Waals surface area contributed by atoms with Gasteiger partial charge in [-0.15, -0.1) is 0 Å². The van der Waals surface area contributed by atoms with Gasteiger partial charge in [-0.3, -0.25) is 0 Å². The largest absolute Gasteiger partial charge is 0.478 e. The number of carbonyl (C=O) groups is 1. The van der Waals surface area contributed by atoms with Gasteiger partial charge < -0.3 is 10.4 Å². The highest BCUT2D eigenvalue weighted by Gasteiger charge is 2.08. The Labute approximate surface area is 114 Å². The quantitative estimate of drug-likeness (QED) is 0.895. The predicted molar refractivity (Wildman–Crippen MR) is 72.1 cm³/mol. The van der Waals surface area contributed by atoms with Gasteiger partial charge in [0.25, 0.3) is 0 Å². The Morgan fingerprint density at radius 1 is 1.26 bits per heavy atom. The van der Waals surface area contributed by atoms with E-state index in [2.05, 4.69) is 5.32 Å². The van der Waals surface area contributed by atoms with Crippen LogP contribution in [0.1, 0.15) is 15.9 Å². The molecule has 0 bridgehead atoms. The van der Waals surface area contributed by atoms with Gasteiger partial charge in [0, 0.05) is 22.8 Å². The Kier molecular flexibility index (Phi) is 4.02. The van der Waals surface area contributed by atoms with Gasteiger partial charge >= 0.3 is 5.97 Å². The molecule has 0 saturated heterocycles. The second-order valence-corrected chi connectivity index (χ2v) is 4.41. The molecular weight excluding hydrogens is 269 g/mol. The summed E-state index contributed by atoms with van der Waals surface area (Å²) in [6.07, 6.45) is 0. The van der Waals surface area contributed by atoms with Gasteiger partial charge in [-0.05, 0) is 36.4 Å². The van der Waals surface area contributed by atoms with Gasteiger partial charge in [0.1, 0.15) is 5.82 Å². The topological polar surface area (TPSA) is 49.3 Å². The van der Waals surface area contributed by atoms with Crippen LogP contribution < -0.4 is 5.32 Å². The van der Waals surface area contributed by atoms with Crippen LogP contribution in [0.25, 0.3) is 0 Å². The highest BCUT2D eigenvalue weighted by molar-refractivity contribution is 6.30.